The Balaban J connectivity index is 2.48. The summed E-state index contributed by atoms with van der Waals surface area (Å²) < 4.78 is 7.51. The van der Waals surface area contributed by atoms with Crippen LogP contribution in [0.15, 0.2) is 24.3 Å². The lowest BCUT2D eigenvalue weighted by Gasteiger charge is -2.35. The molecule has 0 radical (unpaired) electrons. The Labute approximate surface area is 88.5 Å². The van der Waals surface area contributed by atoms with E-state index in [9.17, 15) is 0 Å². The number of hydrogen-bond acceptors (Lipinski definition) is 4. The molecule has 1 aliphatic rings. The molecule has 2 nitrogen and oxygen atoms in total. The van der Waals surface area contributed by atoms with Crippen LogP contribution in [-0.2, 0) is 30.6 Å². The molecular formula is C8H8NOS3-. The second-order valence-corrected chi connectivity index (χ2v) is 6.04. The molecule has 0 amide bonds. The van der Waals surface area contributed by atoms with Crippen molar-refractivity contribution in [2.45, 2.75) is 0 Å². The molecule has 13 heavy (non-hydrogen) atoms. The summed E-state index contributed by atoms with van der Waals surface area (Å²) in [6.07, 6.45) is 0. The van der Waals surface area contributed by atoms with Crippen LogP contribution in [0.1, 0.15) is 0 Å². The molecule has 1 aromatic carbocycles. The van der Waals surface area contributed by atoms with Gasteiger partial charge in [-0.25, -0.2) is 22.4 Å². The lowest BCUT2D eigenvalue weighted by atomic mass is 10.2. The molecule has 2 rings (SSSR count). The van der Waals surface area contributed by atoms with Crippen molar-refractivity contribution >= 4 is 36.3 Å². The molecule has 0 bridgehead atoms. The van der Waals surface area contributed by atoms with E-state index in [0.717, 1.165) is 18.0 Å². The smallest absolute Gasteiger partial charge is 0.141 e. The van der Waals surface area contributed by atoms with E-state index in [4.69, 9.17) is 27.1 Å². The van der Waals surface area contributed by atoms with Crippen molar-refractivity contribution in [1.82, 2.24) is 0 Å². The highest BCUT2D eigenvalue weighted by atomic mass is 33.1. The third-order valence-corrected chi connectivity index (χ3v) is 3.68. The maximum absolute atomic E-state index is 5.47. The SMILES string of the molecule is S=[S-](=S)N1CCOc2ccccc21. The average Bonchev–Trinajstić information content (AvgIpc) is 2.17. The van der Waals surface area contributed by atoms with Crippen molar-refractivity contribution in [3.63, 3.8) is 0 Å². The summed E-state index contributed by atoms with van der Waals surface area (Å²) in [5.74, 6) is 0.890. The van der Waals surface area contributed by atoms with Gasteiger partial charge >= 0.3 is 0 Å². The molecule has 0 atom stereocenters. The molecule has 0 aliphatic carbocycles. The Kier molecular flexibility index (Phi) is 2.66. The maximum Gasteiger partial charge on any atom is 0.141 e. The molecule has 0 N–H and O–H groups in total. The van der Waals surface area contributed by atoms with Crippen LogP contribution >= 0.6 is 0 Å². The molecule has 5 heteroatoms. The number of fused-ring (bicyclic) bond motifs is 1. The minimum Gasteiger partial charge on any atom is -0.490 e. The lowest BCUT2D eigenvalue weighted by molar-refractivity contribution is 0.317. The van der Waals surface area contributed by atoms with Crippen molar-refractivity contribution in [3.05, 3.63) is 24.3 Å². The molecule has 1 heterocycles. The molecule has 0 saturated heterocycles. The quantitative estimate of drug-likeness (QED) is 0.675. The van der Waals surface area contributed by atoms with Crippen molar-refractivity contribution in [2.24, 2.45) is 0 Å². The highest BCUT2D eigenvalue weighted by Crippen LogP contribution is 2.30. The third kappa shape index (κ3) is 1.77. The third-order valence-electron chi connectivity index (χ3n) is 1.87. The van der Waals surface area contributed by atoms with Crippen LogP contribution in [0, 0.1) is 0 Å². The first-order valence-corrected chi connectivity index (χ1v) is 6.91. The van der Waals surface area contributed by atoms with Gasteiger partial charge in [0, 0.05) is 6.54 Å². The van der Waals surface area contributed by atoms with Crippen LogP contribution in [-0.4, -0.2) is 13.2 Å². The fourth-order valence-corrected chi connectivity index (χ4v) is 2.76. The fourth-order valence-electron chi connectivity index (χ4n) is 1.30. The number of rotatable bonds is 1. The Morgan fingerprint density at radius 2 is 2.08 bits per heavy atom. The minimum atomic E-state index is -0.543. The first-order chi connectivity index (χ1) is 6.29. The van der Waals surface area contributed by atoms with Gasteiger partial charge < -0.3 is 9.04 Å². The largest absolute Gasteiger partial charge is 0.490 e. The van der Waals surface area contributed by atoms with Crippen molar-refractivity contribution in [2.75, 3.05) is 17.5 Å². The second-order valence-electron chi connectivity index (χ2n) is 2.64. The number of nitrogens with zero attached hydrogens (tertiary/aromatic N) is 1. The summed E-state index contributed by atoms with van der Waals surface area (Å²) >= 11 is 10.2. The van der Waals surface area contributed by atoms with E-state index < -0.39 is 8.20 Å². The van der Waals surface area contributed by atoms with Crippen LogP contribution in [0.2, 0.25) is 0 Å². The number of para-hydroxylation sites is 2. The summed E-state index contributed by atoms with van der Waals surface area (Å²) in [6, 6.07) is 7.86. The molecule has 0 aromatic heterocycles. The highest BCUT2D eigenvalue weighted by Gasteiger charge is 2.11. The zero-order chi connectivity index (χ0) is 9.26. The van der Waals surface area contributed by atoms with Gasteiger partial charge in [0.05, 0.1) is 5.69 Å². The topological polar surface area (TPSA) is 12.5 Å². The molecule has 0 fully saturated rings. The molecule has 0 spiro atoms. The predicted molar refractivity (Wildman–Crippen MR) is 61.4 cm³/mol. The zero-order valence-corrected chi connectivity index (χ0v) is 9.25. The van der Waals surface area contributed by atoms with E-state index in [1.54, 1.807) is 0 Å². The Hall–Kier alpha value is -0.390. The molecule has 1 aromatic rings. The van der Waals surface area contributed by atoms with Gasteiger partial charge in [-0.2, -0.15) is 0 Å². The van der Waals surface area contributed by atoms with E-state index >= 15 is 0 Å². The van der Waals surface area contributed by atoms with Gasteiger partial charge in [-0.15, -0.1) is 0 Å². The molecule has 1 aliphatic heterocycles. The summed E-state index contributed by atoms with van der Waals surface area (Å²) in [6.45, 7) is 1.47. The minimum absolute atomic E-state index is 0.543. The van der Waals surface area contributed by atoms with Gasteiger partial charge in [0.15, 0.2) is 0 Å². The van der Waals surface area contributed by atoms with Gasteiger partial charge in [-0.05, 0) is 12.1 Å². The summed E-state index contributed by atoms with van der Waals surface area (Å²) in [5.41, 5.74) is 1.03. The molecular weight excluding hydrogens is 222 g/mol. The van der Waals surface area contributed by atoms with E-state index in [-0.39, 0.29) is 0 Å². The monoisotopic (exact) mass is 230 g/mol. The fraction of sp³-hybridized carbons (Fsp3) is 0.250. The normalized spacial score (nSPS) is 15.3. The van der Waals surface area contributed by atoms with E-state index in [1.165, 1.54) is 0 Å². The number of ether oxygens (including phenoxy) is 1. The van der Waals surface area contributed by atoms with Crippen LogP contribution in [0.4, 0.5) is 5.69 Å². The summed E-state index contributed by atoms with van der Waals surface area (Å²) in [4.78, 5) is 0. The first-order valence-electron chi connectivity index (χ1n) is 3.88. The van der Waals surface area contributed by atoms with Crippen molar-refractivity contribution in [3.8, 4) is 5.75 Å². The standard InChI is InChI=1S/C8H8NOS3/c11-13(12)9-5-6-10-8-4-2-1-3-7(8)9/h1-4H,5-6H2/q-1. The van der Waals surface area contributed by atoms with Gasteiger partial charge in [0.2, 0.25) is 0 Å². The van der Waals surface area contributed by atoms with Crippen LogP contribution < -0.4 is 9.04 Å². The van der Waals surface area contributed by atoms with E-state index in [2.05, 4.69) is 0 Å². The molecule has 0 saturated carbocycles. The molecule has 70 valence electrons. The highest BCUT2D eigenvalue weighted by molar-refractivity contribution is 8.47. The predicted octanol–water partition coefficient (Wildman–Crippen LogP) is 1.34. The maximum atomic E-state index is 5.47. The Morgan fingerprint density at radius 1 is 1.31 bits per heavy atom. The van der Waals surface area contributed by atoms with Gasteiger partial charge in [-0.3, -0.25) is 8.20 Å². The lowest BCUT2D eigenvalue weighted by Crippen LogP contribution is -2.30. The number of anilines is 1. The van der Waals surface area contributed by atoms with Crippen LogP contribution in [0.25, 0.3) is 0 Å². The van der Waals surface area contributed by atoms with Crippen LogP contribution in [0.5, 0.6) is 5.75 Å². The van der Waals surface area contributed by atoms with Crippen molar-refractivity contribution < 1.29 is 4.74 Å². The number of hydrogen-bond donors (Lipinski definition) is 0. The second kappa shape index (κ2) is 3.77. The average molecular weight is 230 g/mol. The summed E-state index contributed by atoms with van der Waals surface area (Å²) in [7, 11) is -0.543. The van der Waals surface area contributed by atoms with Gasteiger partial charge in [0.25, 0.3) is 0 Å². The Bertz CT molecular complexity index is 381. The van der Waals surface area contributed by atoms with Gasteiger partial charge in [0.1, 0.15) is 12.4 Å². The van der Waals surface area contributed by atoms with Crippen molar-refractivity contribution in [1.29, 1.82) is 0 Å². The van der Waals surface area contributed by atoms with Gasteiger partial charge in [-0.1, -0.05) is 12.1 Å². The van der Waals surface area contributed by atoms with Crippen LogP contribution in [0.3, 0.4) is 0 Å². The number of benzene rings is 1. The first kappa shape index (κ1) is 9.18. The van der Waals surface area contributed by atoms with E-state index in [1.807, 2.05) is 28.6 Å². The zero-order valence-electron chi connectivity index (χ0n) is 6.80. The Morgan fingerprint density at radius 3 is 2.85 bits per heavy atom. The summed E-state index contributed by atoms with van der Waals surface area (Å²) in [5, 5.41) is 0. The van der Waals surface area contributed by atoms with E-state index in [0.29, 0.717) is 6.61 Å². The molecule has 0 unspecified atom stereocenters.